The Labute approximate surface area is 162 Å². The number of carbonyl (C=O) groups is 1. The van der Waals surface area contributed by atoms with Crippen LogP contribution in [0.3, 0.4) is 0 Å². The predicted molar refractivity (Wildman–Crippen MR) is 105 cm³/mol. The van der Waals surface area contributed by atoms with Crippen molar-refractivity contribution in [2.24, 2.45) is 5.10 Å². The molecular weight excluding hydrogens is 354 g/mol. The van der Waals surface area contributed by atoms with Gasteiger partial charge in [0, 0.05) is 18.8 Å². The molecule has 140 valence electrons. The Kier molecular flexibility index (Phi) is 4.76. The van der Waals surface area contributed by atoms with Crippen LogP contribution in [0.2, 0.25) is 0 Å². The molecule has 1 aliphatic heterocycles. The first-order chi connectivity index (χ1) is 13.7. The normalized spacial score (nSPS) is 16.0. The molecule has 0 aliphatic carbocycles. The number of hydrazone groups is 1. The molecule has 6 nitrogen and oxygen atoms in total. The largest absolute Gasteiger partial charge is 0.508 e. The first-order valence-corrected chi connectivity index (χ1v) is 8.90. The number of methoxy groups -OCH3 is 1. The third-order valence-corrected chi connectivity index (χ3v) is 4.73. The highest BCUT2D eigenvalue weighted by Gasteiger charge is 2.33. The Morgan fingerprint density at radius 2 is 1.86 bits per heavy atom. The van der Waals surface area contributed by atoms with E-state index in [2.05, 4.69) is 10.1 Å². The van der Waals surface area contributed by atoms with Gasteiger partial charge in [-0.1, -0.05) is 12.1 Å². The van der Waals surface area contributed by atoms with Gasteiger partial charge < -0.3 is 9.84 Å². The van der Waals surface area contributed by atoms with Gasteiger partial charge in [0.1, 0.15) is 11.5 Å². The maximum atomic E-state index is 13.1. The summed E-state index contributed by atoms with van der Waals surface area (Å²) < 4.78 is 5.24. The van der Waals surface area contributed by atoms with Crippen LogP contribution in [0, 0.1) is 0 Å². The molecule has 1 aliphatic rings. The molecule has 28 heavy (non-hydrogen) atoms. The van der Waals surface area contributed by atoms with Crippen molar-refractivity contribution in [3.63, 3.8) is 0 Å². The predicted octanol–water partition coefficient (Wildman–Crippen LogP) is 3.79. The summed E-state index contributed by atoms with van der Waals surface area (Å²) in [6, 6.07) is 17.7. The Morgan fingerprint density at radius 1 is 1.11 bits per heavy atom. The summed E-state index contributed by atoms with van der Waals surface area (Å²) in [5.74, 6) is 0.742. The summed E-state index contributed by atoms with van der Waals surface area (Å²) in [6.07, 6.45) is 3.75. The fourth-order valence-electron chi connectivity index (χ4n) is 3.23. The van der Waals surface area contributed by atoms with Crippen molar-refractivity contribution in [1.29, 1.82) is 0 Å². The summed E-state index contributed by atoms with van der Waals surface area (Å²) in [7, 11) is 1.62. The van der Waals surface area contributed by atoms with E-state index in [-0.39, 0.29) is 17.7 Å². The van der Waals surface area contributed by atoms with Crippen molar-refractivity contribution in [3.05, 3.63) is 89.7 Å². The number of phenolic OH excluding ortho intramolecular Hbond substituents is 1. The standard InChI is InChI=1S/C22H19N3O3/c1-28-19-10-6-16(7-11-19)21-13-20(15-4-8-18(26)9-5-15)24-25(21)22(27)17-3-2-12-23-14-17/h2-12,14,21,26H,13H2,1H3. The van der Waals surface area contributed by atoms with Gasteiger partial charge in [0.2, 0.25) is 0 Å². The molecule has 1 aromatic heterocycles. The van der Waals surface area contributed by atoms with Gasteiger partial charge in [0.15, 0.2) is 0 Å². The third kappa shape index (κ3) is 3.44. The summed E-state index contributed by atoms with van der Waals surface area (Å²) in [5.41, 5.74) is 3.11. The number of hydrogen-bond acceptors (Lipinski definition) is 5. The van der Waals surface area contributed by atoms with E-state index in [1.165, 1.54) is 5.01 Å². The molecule has 0 saturated heterocycles. The van der Waals surface area contributed by atoms with Gasteiger partial charge in [-0.3, -0.25) is 9.78 Å². The van der Waals surface area contributed by atoms with E-state index < -0.39 is 0 Å². The second-order valence-electron chi connectivity index (χ2n) is 6.48. The molecule has 1 unspecified atom stereocenters. The van der Waals surface area contributed by atoms with Crippen molar-refractivity contribution < 1.29 is 14.6 Å². The van der Waals surface area contributed by atoms with Crippen molar-refractivity contribution in [2.75, 3.05) is 7.11 Å². The molecule has 4 rings (SSSR count). The number of benzene rings is 2. The number of aromatic hydroxyl groups is 1. The fraction of sp³-hybridized carbons (Fsp3) is 0.136. The third-order valence-electron chi connectivity index (χ3n) is 4.73. The molecule has 2 heterocycles. The molecule has 0 bridgehead atoms. The van der Waals surface area contributed by atoms with Crippen LogP contribution in [0.25, 0.3) is 0 Å². The zero-order valence-electron chi connectivity index (χ0n) is 15.3. The first kappa shape index (κ1) is 17.7. The minimum absolute atomic E-state index is 0.192. The highest BCUT2D eigenvalue weighted by molar-refractivity contribution is 6.05. The van der Waals surface area contributed by atoms with E-state index in [0.29, 0.717) is 12.0 Å². The van der Waals surface area contributed by atoms with E-state index >= 15 is 0 Å². The van der Waals surface area contributed by atoms with Crippen LogP contribution in [0.1, 0.15) is 33.9 Å². The lowest BCUT2D eigenvalue weighted by atomic mass is 9.98. The highest BCUT2D eigenvalue weighted by atomic mass is 16.5. The number of carbonyl (C=O) groups excluding carboxylic acids is 1. The van der Waals surface area contributed by atoms with E-state index in [0.717, 1.165) is 22.6 Å². The van der Waals surface area contributed by atoms with E-state index in [1.54, 1.807) is 55.9 Å². The number of pyridine rings is 1. The molecule has 1 N–H and O–H groups in total. The van der Waals surface area contributed by atoms with Gasteiger partial charge in [0.05, 0.1) is 24.4 Å². The van der Waals surface area contributed by atoms with Crippen molar-refractivity contribution in [1.82, 2.24) is 9.99 Å². The molecule has 0 fully saturated rings. The molecule has 3 aromatic rings. The molecular formula is C22H19N3O3. The second kappa shape index (κ2) is 7.52. The number of ether oxygens (including phenoxy) is 1. The maximum Gasteiger partial charge on any atom is 0.276 e. The Balaban J connectivity index is 1.71. The Bertz CT molecular complexity index is 999. The minimum Gasteiger partial charge on any atom is -0.508 e. The summed E-state index contributed by atoms with van der Waals surface area (Å²) >= 11 is 0. The minimum atomic E-state index is -0.234. The van der Waals surface area contributed by atoms with Crippen LogP contribution < -0.4 is 4.74 Å². The number of rotatable bonds is 4. The number of nitrogens with zero attached hydrogens (tertiary/aromatic N) is 3. The monoisotopic (exact) mass is 373 g/mol. The summed E-state index contributed by atoms with van der Waals surface area (Å²) in [6.45, 7) is 0. The van der Waals surface area contributed by atoms with Crippen LogP contribution in [-0.4, -0.2) is 33.8 Å². The van der Waals surface area contributed by atoms with Crippen LogP contribution >= 0.6 is 0 Å². The first-order valence-electron chi connectivity index (χ1n) is 8.90. The molecule has 6 heteroatoms. The maximum absolute atomic E-state index is 13.1. The summed E-state index contributed by atoms with van der Waals surface area (Å²) in [4.78, 5) is 17.1. The van der Waals surface area contributed by atoms with Gasteiger partial charge in [0.25, 0.3) is 5.91 Å². The number of aromatic nitrogens is 1. The number of amides is 1. The van der Waals surface area contributed by atoms with Gasteiger partial charge in [-0.15, -0.1) is 0 Å². The van der Waals surface area contributed by atoms with Crippen LogP contribution in [0.15, 0.2) is 78.2 Å². The lowest BCUT2D eigenvalue weighted by Gasteiger charge is -2.22. The molecule has 0 spiro atoms. The fourth-order valence-corrected chi connectivity index (χ4v) is 3.23. The Morgan fingerprint density at radius 3 is 2.50 bits per heavy atom. The SMILES string of the molecule is COc1ccc(C2CC(c3ccc(O)cc3)=NN2C(=O)c2cccnc2)cc1. The zero-order valence-corrected chi connectivity index (χ0v) is 15.3. The van der Waals surface area contributed by atoms with Gasteiger partial charge in [-0.05, 0) is 59.7 Å². The molecule has 1 atom stereocenters. The van der Waals surface area contributed by atoms with Crippen molar-refractivity contribution >= 4 is 11.6 Å². The quantitative estimate of drug-likeness (QED) is 0.755. The van der Waals surface area contributed by atoms with Crippen LogP contribution in [-0.2, 0) is 0 Å². The average molecular weight is 373 g/mol. The average Bonchev–Trinajstić information content (AvgIpc) is 3.20. The van der Waals surface area contributed by atoms with Crippen molar-refractivity contribution in [3.8, 4) is 11.5 Å². The number of hydrogen-bond donors (Lipinski definition) is 1. The van der Waals surface area contributed by atoms with Gasteiger partial charge in [-0.2, -0.15) is 5.10 Å². The van der Waals surface area contributed by atoms with Gasteiger partial charge in [-0.25, -0.2) is 5.01 Å². The van der Waals surface area contributed by atoms with Crippen LogP contribution in [0.4, 0.5) is 0 Å². The topological polar surface area (TPSA) is 75.0 Å². The summed E-state index contributed by atoms with van der Waals surface area (Å²) in [5, 5.41) is 15.7. The Hall–Kier alpha value is -3.67. The van der Waals surface area contributed by atoms with Crippen molar-refractivity contribution in [2.45, 2.75) is 12.5 Å². The lowest BCUT2D eigenvalue weighted by molar-refractivity contribution is 0.0710. The van der Waals surface area contributed by atoms with Crippen LogP contribution in [0.5, 0.6) is 11.5 Å². The highest BCUT2D eigenvalue weighted by Crippen LogP contribution is 2.34. The molecule has 0 radical (unpaired) electrons. The lowest BCUT2D eigenvalue weighted by Crippen LogP contribution is -2.27. The second-order valence-corrected chi connectivity index (χ2v) is 6.48. The molecule has 1 amide bonds. The van der Waals surface area contributed by atoms with E-state index in [1.807, 2.05) is 24.3 Å². The smallest absolute Gasteiger partial charge is 0.276 e. The molecule has 2 aromatic carbocycles. The van der Waals surface area contributed by atoms with E-state index in [4.69, 9.17) is 4.74 Å². The van der Waals surface area contributed by atoms with E-state index in [9.17, 15) is 9.90 Å². The number of phenols is 1. The molecule has 0 saturated carbocycles. The van der Waals surface area contributed by atoms with Gasteiger partial charge >= 0.3 is 0 Å². The zero-order chi connectivity index (χ0) is 19.5.